The van der Waals surface area contributed by atoms with Gasteiger partial charge in [0.15, 0.2) is 0 Å². The summed E-state index contributed by atoms with van der Waals surface area (Å²) in [7, 11) is 1.47. The quantitative estimate of drug-likeness (QED) is 0.177. The van der Waals surface area contributed by atoms with Crippen LogP contribution in [0, 0.1) is 24.0 Å². The van der Waals surface area contributed by atoms with E-state index < -0.39 is 22.8 Å². The van der Waals surface area contributed by atoms with Gasteiger partial charge in [-0.2, -0.15) is 10.2 Å². The summed E-state index contributed by atoms with van der Waals surface area (Å²) in [6, 6.07) is 12.4. The Morgan fingerprint density at radius 3 is 2.47 bits per heavy atom. The maximum Gasteiger partial charge on any atom is 0.347 e. The number of carbonyl (C=O) groups excluding carboxylic acids is 2. The average Bonchev–Trinajstić information content (AvgIpc) is 3.13. The number of aromatic nitrogens is 2. The van der Waals surface area contributed by atoms with Gasteiger partial charge in [0.2, 0.25) is 0 Å². The maximum atomic E-state index is 12.4. The van der Waals surface area contributed by atoms with Gasteiger partial charge in [-0.25, -0.2) is 10.2 Å². The largest absolute Gasteiger partial charge is 0.496 e. The van der Waals surface area contributed by atoms with Crippen LogP contribution in [0.25, 0.3) is 0 Å². The summed E-state index contributed by atoms with van der Waals surface area (Å²) in [4.78, 5) is 35.4. The molecule has 1 atom stereocenters. The zero-order chi connectivity index (χ0) is 24.8. The zero-order valence-corrected chi connectivity index (χ0v) is 19.0. The van der Waals surface area contributed by atoms with Crippen LogP contribution in [0.15, 0.2) is 53.6 Å². The third kappa shape index (κ3) is 5.26. The number of rotatable bonds is 8. The van der Waals surface area contributed by atoms with Gasteiger partial charge in [-0.1, -0.05) is 12.1 Å². The Labute approximate surface area is 195 Å². The van der Waals surface area contributed by atoms with Gasteiger partial charge in [0.25, 0.3) is 5.91 Å². The number of hydrogen-bond acceptors (Lipinski definition) is 8. The normalized spacial score (nSPS) is 11.8. The maximum absolute atomic E-state index is 12.4. The molecule has 2 aromatic carbocycles. The summed E-state index contributed by atoms with van der Waals surface area (Å²) in [5.41, 5.74) is 3.75. The fourth-order valence-electron chi connectivity index (χ4n) is 3.27. The van der Waals surface area contributed by atoms with E-state index in [-0.39, 0.29) is 17.1 Å². The summed E-state index contributed by atoms with van der Waals surface area (Å²) < 4.78 is 11.8. The smallest absolute Gasteiger partial charge is 0.347 e. The Morgan fingerprint density at radius 1 is 1.18 bits per heavy atom. The molecule has 0 radical (unpaired) electrons. The standard InChI is InChI=1S/C23H23N5O6/c1-14-21(28(31)32)15(2)27(26-14)16(3)22(29)25-24-13-17-9-11-18(12-10-17)34-23(30)19-7-5-6-8-20(19)33-4/h5-13,16H,1-4H3,(H,25,29). The molecule has 176 valence electrons. The van der Waals surface area contributed by atoms with Gasteiger partial charge in [0.1, 0.15) is 34.5 Å². The Morgan fingerprint density at radius 2 is 1.85 bits per heavy atom. The first-order chi connectivity index (χ1) is 16.2. The number of nitrogens with one attached hydrogen (secondary N) is 1. The summed E-state index contributed by atoms with van der Waals surface area (Å²) in [5, 5.41) is 19.2. The monoisotopic (exact) mass is 465 g/mol. The van der Waals surface area contributed by atoms with Gasteiger partial charge in [-0.3, -0.25) is 19.6 Å². The summed E-state index contributed by atoms with van der Waals surface area (Å²) in [5.74, 6) is -0.295. The lowest BCUT2D eigenvalue weighted by molar-refractivity contribution is -0.386. The van der Waals surface area contributed by atoms with Crippen molar-refractivity contribution >= 4 is 23.8 Å². The molecule has 11 nitrogen and oxygen atoms in total. The van der Waals surface area contributed by atoms with Gasteiger partial charge >= 0.3 is 11.7 Å². The molecule has 3 aromatic rings. The van der Waals surface area contributed by atoms with Crippen molar-refractivity contribution in [3.63, 3.8) is 0 Å². The van der Waals surface area contributed by atoms with E-state index in [9.17, 15) is 19.7 Å². The summed E-state index contributed by atoms with van der Waals surface area (Å²) >= 11 is 0. The van der Waals surface area contributed by atoms with E-state index in [1.165, 1.54) is 31.9 Å². The highest BCUT2D eigenvalue weighted by Crippen LogP contribution is 2.24. The van der Waals surface area contributed by atoms with Crippen molar-refractivity contribution in [2.24, 2.45) is 5.10 Å². The Balaban J connectivity index is 1.60. The van der Waals surface area contributed by atoms with E-state index in [2.05, 4.69) is 15.6 Å². The minimum absolute atomic E-state index is 0.116. The van der Waals surface area contributed by atoms with E-state index in [0.29, 0.717) is 22.6 Å². The Kier molecular flexibility index (Phi) is 7.36. The second-order valence-corrected chi connectivity index (χ2v) is 7.29. The van der Waals surface area contributed by atoms with Crippen LogP contribution in [0.4, 0.5) is 5.69 Å². The SMILES string of the molecule is COc1ccccc1C(=O)Oc1ccc(C=NNC(=O)C(C)n2nc(C)c([N+](=O)[O-])c2C)cc1. The average molecular weight is 465 g/mol. The molecule has 11 heteroatoms. The molecule has 1 amide bonds. The molecule has 0 aliphatic heterocycles. The predicted octanol–water partition coefficient (Wildman–Crippen LogP) is 3.35. The second kappa shape index (κ2) is 10.4. The summed E-state index contributed by atoms with van der Waals surface area (Å²) in [6.45, 7) is 4.62. The van der Waals surface area contributed by atoms with Crippen LogP contribution in [0.5, 0.6) is 11.5 Å². The number of benzene rings is 2. The topological polar surface area (TPSA) is 138 Å². The van der Waals surface area contributed by atoms with Gasteiger partial charge in [-0.05, 0) is 62.7 Å². The van der Waals surface area contributed by atoms with E-state index in [0.717, 1.165) is 0 Å². The first-order valence-electron chi connectivity index (χ1n) is 10.2. The van der Waals surface area contributed by atoms with Crippen molar-refractivity contribution in [1.82, 2.24) is 15.2 Å². The fourth-order valence-corrected chi connectivity index (χ4v) is 3.27. The van der Waals surface area contributed by atoms with E-state index >= 15 is 0 Å². The molecule has 0 saturated carbocycles. The molecule has 0 fully saturated rings. The molecule has 1 N–H and O–H groups in total. The number of methoxy groups -OCH3 is 1. The number of nitro groups is 1. The minimum Gasteiger partial charge on any atom is -0.496 e. The highest BCUT2D eigenvalue weighted by molar-refractivity contribution is 5.94. The molecule has 34 heavy (non-hydrogen) atoms. The van der Waals surface area contributed by atoms with Gasteiger partial charge in [0, 0.05) is 0 Å². The molecule has 0 spiro atoms. The molecular formula is C23H23N5O6. The lowest BCUT2D eigenvalue weighted by Gasteiger charge is -2.11. The molecule has 0 bridgehead atoms. The van der Waals surface area contributed by atoms with Crippen molar-refractivity contribution in [1.29, 1.82) is 0 Å². The number of hydrazone groups is 1. The minimum atomic E-state index is -0.804. The van der Waals surface area contributed by atoms with Crippen LogP contribution in [0.3, 0.4) is 0 Å². The fraction of sp³-hybridized carbons (Fsp3) is 0.217. The van der Waals surface area contributed by atoms with Crippen LogP contribution < -0.4 is 14.9 Å². The highest BCUT2D eigenvalue weighted by Gasteiger charge is 2.26. The molecule has 1 unspecified atom stereocenters. The predicted molar refractivity (Wildman–Crippen MR) is 123 cm³/mol. The van der Waals surface area contributed by atoms with Gasteiger partial charge in [0.05, 0.1) is 18.2 Å². The van der Waals surface area contributed by atoms with Crippen LogP contribution in [0.2, 0.25) is 0 Å². The third-order valence-corrected chi connectivity index (χ3v) is 5.02. The van der Waals surface area contributed by atoms with Gasteiger partial charge in [-0.15, -0.1) is 0 Å². The van der Waals surface area contributed by atoms with Crippen molar-refractivity contribution in [3.8, 4) is 11.5 Å². The van der Waals surface area contributed by atoms with Crippen molar-refractivity contribution in [3.05, 3.63) is 81.2 Å². The second-order valence-electron chi connectivity index (χ2n) is 7.29. The highest BCUT2D eigenvalue weighted by atomic mass is 16.6. The van der Waals surface area contributed by atoms with Crippen LogP contribution >= 0.6 is 0 Å². The van der Waals surface area contributed by atoms with Crippen LogP contribution in [-0.4, -0.2) is 39.9 Å². The first kappa shape index (κ1) is 24.1. The third-order valence-electron chi connectivity index (χ3n) is 5.02. The number of nitrogens with zero attached hydrogens (tertiary/aromatic N) is 4. The number of carbonyl (C=O) groups is 2. The number of ether oxygens (including phenoxy) is 2. The van der Waals surface area contributed by atoms with Crippen molar-refractivity contribution in [2.45, 2.75) is 26.8 Å². The molecule has 1 aromatic heterocycles. The van der Waals surface area contributed by atoms with Crippen LogP contribution in [-0.2, 0) is 4.79 Å². The molecule has 3 rings (SSSR count). The Hall–Kier alpha value is -4.54. The zero-order valence-electron chi connectivity index (χ0n) is 19.0. The number of para-hydroxylation sites is 1. The Bertz CT molecular complexity index is 1250. The van der Waals surface area contributed by atoms with Crippen LogP contribution in [0.1, 0.15) is 40.3 Å². The van der Waals surface area contributed by atoms with Crippen molar-refractivity contribution in [2.75, 3.05) is 7.11 Å². The molecule has 0 saturated heterocycles. The number of aryl methyl sites for hydroxylation is 1. The summed E-state index contributed by atoms with van der Waals surface area (Å²) in [6.07, 6.45) is 1.42. The van der Waals surface area contributed by atoms with Gasteiger partial charge < -0.3 is 9.47 Å². The molecular weight excluding hydrogens is 442 g/mol. The van der Waals surface area contributed by atoms with E-state index in [1.807, 2.05) is 0 Å². The molecule has 0 aliphatic carbocycles. The first-order valence-corrected chi connectivity index (χ1v) is 10.2. The lowest BCUT2D eigenvalue weighted by Crippen LogP contribution is -2.28. The van der Waals surface area contributed by atoms with E-state index in [4.69, 9.17) is 9.47 Å². The van der Waals surface area contributed by atoms with Crippen molar-refractivity contribution < 1.29 is 24.0 Å². The lowest BCUT2D eigenvalue weighted by atomic mass is 10.2. The van der Waals surface area contributed by atoms with E-state index in [1.54, 1.807) is 55.5 Å². The number of esters is 1. The number of hydrogen-bond donors (Lipinski definition) is 1. The number of amides is 1. The molecule has 0 aliphatic rings. The molecule has 1 heterocycles.